The van der Waals surface area contributed by atoms with Crippen LogP contribution in [0, 0.1) is 0 Å². The van der Waals surface area contributed by atoms with Gasteiger partial charge in [-0.05, 0) is 6.92 Å². The van der Waals surface area contributed by atoms with Gasteiger partial charge in [0, 0.05) is 0 Å². The number of ether oxygens (including phenoxy) is 1. The lowest BCUT2D eigenvalue weighted by Crippen LogP contribution is -2.28. The number of ketones is 1. The van der Waals surface area contributed by atoms with Gasteiger partial charge in [0.2, 0.25) is 0 Å². The molecule has 0 fully saturated rings. The highest BCUT2D eigenvalue weighted by atomic mass is 19.4. The van der Waals surface area contributed by atoms with Crippen LogP contribution in [0.3, 0.4) is 0 Å². The minimum atomic E-state index is -5.22. The molecule has 0 spiro atoms. The lowest BCUT2D eigenvalue weighted by Gasteiger charge is -2.03. The Kier molecular flexibility index (Phi) is 3.58. The molecular weight excluding hydrogens is 193 g/mol. The van der Waals surface area contributed by atoms with Crippen molar-refractivity contribution in [1.29, 1.82) is 0 Å². The van der Waals surface area contributed by atoms with E-state index in [0.29, 0.717) is 0 Å². The van der Waals surface area contributed by atoms with Crippen molar-refractivity contribution in [2.45, 2.75) is 19.5 Å². The summed E-state index contributed by atoms with van der Waals surface area (Å²) in [6.45, 7) is 0.985. The molecule has 74 valence electrons. The van der Waals surface area contributed by atoms with Crippen LogP contribution in [0.4, 0.5) is 13.2 Å². The van der Waals surface area contributed by atoms with E-state index in [0.717, 1.165) is 6.92 Å². The molecule has 0 amide bonds. The van der Waals surface area contributed by atoms with Gasteiger partial charge >= 0.3 is 18.1 Å². The van der Waals surface area contributed by atoms with Gasteiger partial charge in [0.1, 0.15) is 12.2 Å². The van der Waals surface area contributed by atoms with E-state index in [4.69, 9.17) is 0 Å². The molecule has 0 rings (SSSR count). The maximum atomic E-state index is 11.4. The third kappa shape index (κ3) is 4.94. The molecule has 0 aromatic heterocycles. The number of hydrogen-bond acceptors (Lipinski definition) is 4. The zero-order valence-corrected chi connectivity index (χ0v) is 6.47. The first kappa shape index (κ1) is 11.6. The van der Waals surface area contributed by atoms with Gasteiger partial charge in [0.25, 0.3) is 0 Å². The predicted molar refractivity (Wildman–Crippen MR) is 32.5 cm³/mol. The van der Waals surface area contributed by atoms with E-state index in [1.54, 1.807) is 0 Å². The summed E-state index contributed by atoms with van der Waals surface area (Å²) >= 11 is 0. The molecule has 4 nitrogen and oxygen atoms in total. The first-order valence-electron chi connectivity index (χ1n) is 3.04. The predicted octanol–water partition coefficient (Wildman–Crippen LogP) is 0.598. The molecule has 0 aromatic rings. The fourth-order valence-electron chi connectivity index (χ4n) is 0.401. The smallest absolute Gasteiger partial charge is 0.386 e. The van der Waals surface area contributed by atoms with Crippen molar-refractivity contribution in [3.8, 4) is 0 Å². The quantitative estimate of drug-likeness (QED) is 0.481. The van der Waals surface area contributed by atoms with Crippen molar-refractivity contribution in [3.63, 3.8) is 0 Å². The standard InChI is InChI=1S/C6H5F3O4/c1-3(10)2-4(11)13-5(12)6(7,8)9/h2H2,1H3. The fraction of sp³-hybridized carbons (Fsp3) is 0.500. The Morgan fingerprint density at radius 3 is 2.00 bits per heavy atom. The Morgan fingerprint density at radius 2 is 1.69 bits per heavy atom. The third-order valence-electron chi connectivity index (χ3n) is 0.831. The minimum Gasteiger partial charge on any atom is -0.386 e. The topological polar surface area (TPSA) is 60.4 Å². The highest BCUT2D eigenvalue weighted by Gasteiger charge is 2.42. The van der Waals surface area contributed by atoms with Crippen LogP contribution in [-0.2, 0) is 19.1 Å². The Balaban J connectivity index is 4.08. The molecule has 0 aliphatic rings. The van der Waals surface area contributed by atoms with E-state index >= 15 is 0 Å². The van der Waals surface area contributed by atoms with E-state index in [2.05, 4.69) is 4.74 Å². The van der Waals surface area contributed by atoms with Crippen molar-refractivity contribution in [1.82, 2.24) is 0 Å². The van der Waals surface area contributed by atoms with E-state index < -0.39 is 30.3 Å². The highest BCUT2D eigenvalue weighted by molar-refractivity contribution is 5.99. The second kappa shape index (κ2) is 4.01. The summed E-state index contributed by atoms with van der Waals surface area (Å²) in [7, 11) is 0. The summed E-state index contributed by atoms with van der Waals surface area (Å²) in [5.74, 6) is -4.80. The van der Waals surface area contributed by atoms with Gasteiger partial charge in [0.15, 0.2) is 0 Å². The zero-order valence-electron chi connectivity index (χ0n) is 6.47. The zero-order chi connectivity index (χ0) is 10.6. The molecular formula is C6H5F3O4. The Bertz CT molecular complexity index is 243. The minimum absolute atomic E-state index is 0.681. The Morgan fingerprint density at radius 1 is 1.23 bits per heavy atom. The van der Waals surface area contributed by atoms with Gasteiger partial charge in [-0.1, -0.05) is 0 Å². The number of hydrogen-bond donors (Lipinski definition) is 0. The van der Waals surface area contributed by atoms with Crippen LogP contribution >= 0.6 is 0 Å². The number of alkyl halides is 3. The molecule has 0 bridgehead atoms. The summed E-state index contributed by atoms with van der Waals surface area (Å²) < 4.78 is 37.6. The molecule has 0 N–H and O–H groups in total. The van der Waals surface area contributed by atoms with E-state index in [9.17, 15) is 27.6 Å². The molecule has 0 heterocycles. The lowest BCUT2D eigenvalue weighted by atomic mass is 10.3. The number of carbonyl (C=O) groups is 3. The van der Waals surface area contributed by atoms with Crippen LogP contribution in [0.25, 0.3) is 0 Å². The molecule has 0 atom stereocenters. The average Bonchev–Trinajstić information content (AvgIpc) is 1.82. The van der Waals surface area contributed by atoms with Gasteiger partial charge in [0.05, 0.1) is 0 Å². The number of halogens is 3. The van der Waals surface area contributed by atoms with Gasteiger partial charge in [-0.2, -0.15) is 13.2 Å². The SMILES string of the molecule is CC(=O)CC(=O)OC(=O)C(F)(F)F. The monoisotopic (exact) mass is 198 g/mol. The number of Topliss-reactive ketones (excluding diaryl/α,β-unsaturated/α-hetero) is 1. The maximum Gasteiger partial charge on any atom is 0.491 e. The van der Waals surface area contributed by atoms with E-state index in [1.165, 1.54) is 0 Å². The number of rotatable bonds is 2. The molecule has 7 heteroatoms. The summed E-state index contributed by atoms with van der Waals surface area (Å²) in [4.78, 5) is 30.5. The largest absolute Gasteiger partial charge is 0.491 e. The number of carbonyl (C=O) groups excluding carboxylic acids is 3. The lowest BCUT2D eigenvalue weighted by molar-refractivity contribution is -0.201. The molecule has 0 aliphatic heterocycles. The second-order valence-corrected chi connectivity index (χ2v) is 2.14. The van der Waals surface area contributed by atoms with Crippen molar-refractivity contribution < 1.29 is 32.3 Å². The normalized spacial score (nSPS) is 10.8. The van der Waals surface area contributed by atoms with Crippen molar-refractivity contribution in [2.24, 2.45) is 0 Å². The summed E-state index contributed by atoms with van der Waals surface area (Å²) in [6, 6.07) is 0. The Labute approximate surface area is 70.7 Å². The van der Waals surface area contributed by atoms with Crippen molar-refractivity contribution in [2.75, 3.05) is 0 Å². The van der Waals surface area contributed by atoms with Crippen LogP contribution in [0.15, 0.2) is 0 Å². The average molecular weight is 198 g/mol. The molecule has 0 radical (unpaired) electrons. The highest BCUT2D eigenvalue weighted by Crippen LogP contribution is 2.16. The fourth-order valence-corrected chi connectivity index (χ4v) is 0.401. The molecule has 13 heavy (non-hydrogen) atoms. The second-order valence-electron chi connectivity index (χ2n) is 2.14. The van der Waals surface area contributed by atoms with Crippen LogP contribution in [-0.4, -0.2) is 23.9 Å². The van der Waals surface area contributed by atoms with E-state index in [1.807, 2.05) is 0 Å². The first-order chi connectivity index (χ1) is 5.73. The summed E-state index contributed by atoms with van der Waals surface area (Å²) in [6.07, 6.45) is -6.06. The first-order valence-corrected chi connectivity index (χ1v) is 3.04. The van der Waals surface area contributed by atoms with Gasteiger partial charge in [-0.25, -0.2) is 4.79 Å². The van der Waals surface area contributed by atoms with Crippen LogP contribution in [0.2, 0.25) is 0 Å². The van der Waals surface area contributed by atoms with Crippen LogP contribution in [0.5, 0.6) is 0 Å². The summed E-state index contributed by atoms with van der Waals surface area (Å²) in [5, 5.41) is 0. The van der Waals surface area contributed by atoms with Crippen molar-refractivity contribution in [3.05, 3.63) is 0 Å². The Hall–Kier alpha value is -1.40. The third-order valence-corrected chi connectivity index (χ3v) is 0.831. The van der Waals surface area contributed by atoms with Gasteiger partial charge in [-0.3, -0.25) is 9.59 Å². The van der Waals surface area contributed by atoms with Gasteiger partial charge in [-0.15, -0.1) is 0 Å². The summed E-state index contributed by atoms with van der Waals surface area (Å²) in [5.41, 5.74) is 0. The maximum absolute atomic E-state index is 11.4. The molecule has 0 aromatic carbocycles. The number of esters is 2. The molecule has 0 aliphatic carbocycles. The molecule has 0 saturated heterocycles. The molecule has 0 saturated carbocycles. The molecule has 0 unspecified atom stereocenters. The van der Waals surface area contributed by atoms with Crippen LogP contribution in [0.1, 0.15) is 13.3 Å². The van der Waals surface area contributed by atoms with Crippen molar-refractivity contribution >= 4 is 17.7 Å². The van der Waals surface area contributed by atoms with Crippen LogP contribution < -0.4 is 0 Å². The van der Waals surface area contributed by atoms with Gasteiger partial charge < -0.3 is 4.74 Å². The van der Waals surface area contributed by atoms with E-state index in [-0.39, 0.29) is 0 Å².